The Morgan fingerprint density at radius 3 is 2.80 bits per heavy atom. The topological polar surface area (TPSA) is 58.6 Å². The molecule has 90 valence electrons. The maximum absolute atomic E-state index is 11.4. The van der Waals surface area contributed by atoms with Crippen LogP contribution in [0.5, 0.6) is 0 Å². The number of carbonyl (C=O) groups excluding carboxylic acids is 1. The smallest absolute Gasteiger partial charge is 0.222 e. The third-order valence-corrected chi connectivity index (χ3v) is 2.17. The first-order chi connectivity index (χ1) is 7.22. The van der Waals surface area contributed by atoms with Crippen LogP contribution in [0.4, 0.5) is 0 Å². The van der Waals surface area contributed by atoms with Gasteiger partial charge in [0.1, 0.15) is 0 Å². The van der Waals surface area contributed by atoms with Crippen molar-refractivity contribution < 1.29 is 14.6 Å². The molecule has 0 radical (unpaired) electrons. The average Bonchev–Trinajstić information content (AvgIpc) is 2.23. The van der Waals surface area contributed by atoms with Gasteiger partial charge in [-0.2, -0.15) is 0 Å². The van der Waals surface area contributed by atoms with E-state index < -0.39 is 0 Å². The van der Waals surface area contributed by atoms with Crippen molar-refractivity contribution in [1.29, 1.82) is 0 Å². The van der Waals surface area contributed by atoms with Gasteiger partial charge in [0.05, 0.1) is 13.2 Å². The molecule has 2 N–H and O–H groups in total. The van der Waals surface area contributed by atoms with Gasteiger partial charge in [-0.25, -0.2) is 0 Å². The van der Waals surface area contributed by atoms with E-state index in [-0.39, 0.29) is 18.4 Å². The lowest BCUT2D eigenvalue weighted by Gasteiger charge is -2.10. The highest BCUT2D eigenvalue weighted by Gasteiger charge is 2.09. The second kappa shape index (κ2) is 9.93. The van der Waals surface area contributed by atoms with Crippen molar-refractivity contribution in [1.82, 2.24) is 5.32 Å². The molecule has 0 aliphatic carbocycles. The molecule has 0 saturated heterocycles. The molecule has 0 fully saturated rings. The van der Waals surface area contributed by atoms with Crippen LogP contribution in [0.2, 0.25) is 0 Å². The Bertz CT molecular complexity index is 162. The predicted octanol–water partition coefficient (Wildman–Crippen LogP) is 0.938. The van der Waals surface area contributed by atoms with E-state index in [0.717, 1.165) is 19.3 Å². The molecule has 0 spiro atoms. The largest absolute Gasteiger partial charge is 0.394 e. The minimum absolute atomic E-state index is 0.0554. The van der Waals surface area contributed by atoms with Crippen molar-refractivity contribution in [2.75, 3.05) is 26.4 Å². The maximum Gasteiger partial charge on any atom is 0.222 e. The van der Waals surface area contributed by atoms with Crippen LogP contribution in [-0.4, -0.2) is 37.4 Å². The zero-order chi connectivity index (χ0) is 11.5. The van der Waals surface area contributed by atoms with Crippen LogP contribution in [0, 0.1) is 5.92 Å². The quantitative estimate of drug-likeness (QED) is 0.565. The average molecular weight is 217 g/mol. The highest BCUT2D eigenvalue weighted by molar-refractivity contribution is 5.78. The van der Waals surface area contributed by atoms with Crippen molar-refractivity contribution in [2.24, 2.45) is 5.92 Å². The molecule has 4 nitrogen and oxygen atoms in total. The zero-order valence-corrected chi connectivity index (χ0v) is 9.79. The van der Waals surface area contributed by atoms with Crippen LogP contribution in [0.15, 0.2) is 0 Å². The molecule has 0 aromatic heterocycles. The minimum atomic E-state index is 0.0554. The molecule has 0 aromatic rings. The third kappa shape index (κ3) is 8.39. The number of hydrogen-bond donors (Lipinski definition) is 2. The van der Waals surface area contributed by atoms with Crippen LogP contribution >= 0.6 is 0 Å². The monoisotopic (exact) mass is 217 g/mol. The normalized spacial score (nSPS) is 12.5. The molecule has 0 aliphatic heterocycles. The minimum Gasteiger partial charge on any atom is -0.394 e. The SMILES string of the molecule is CCCC(C)C(=O)NCCCOCCO. The number of carbonyl (C=O) groups is 1. The van der Waals surface area contributed by atoms with E-state index >= 15 is 0 Å². The maximum atomic E-state index is 11.4. The molecule has 0 heterocycles. The summed E-state index contributed by atoms with van der Waals surface area (Å²) in [6.07, 6.45) is 2.77. The molecule has 0 aliphatic rings. The molecular weight excluding hydrogens is 194 g/mol. The van der Waals surface area contributed by atoms with Crippen LogP contribution in [0.25, 0.3) is 0 Å². The summed E-state index contributed by atoms with van der Waals surface area (Å²) in [5.41, 5.74) is 0. The van der Waals surface area contributed by atoms with Crippen LogP contribution in [0.3, 0.4) is 0 Å². The fourth-order valence-electron chi connectivity index (χ4n) is 1.29. The molecular formula is C11H23NO3. The van der Waals surface area contributed by atoms with Gasteiger partial charge in [-0.05, 0) is 12.8 Å². The molecule has 15 heavy (non-hydrogen) atoms. The Morgan fingerprint density at radius 1 is 1.47 bits per heavy atom. The Kier molecular flexibility index (Phi) is 9.52. The van der Waals surface area contributed by atoms with Gasteiger partial charge in [0.2, 0.25) is 5.91 Å². The van der Waals surface area contributed by atoms with Crippen molar-refractivity contribution in [3.8, 4) is 0 Å². The van der Waals surface area contributed by atoms with E-state index in [0.29, 0.717) is 19.8 Å². The van der Waals surface area contributed by atoms with Gasteiger partial charge in [-0.1, -0.05) is 20.3 Å². The first kappa shape index (κ1) is 14.4. The number of nitrogens with one attached hydrogen (secondary N) is 1. The van der Waals surface area contributed by atoms with Crippen molar-refractivity contribution >= 4 is 5.91 Å². The van der Waals surface area contributed by atoms with Gasteiger partial charge in [-0.15, -0.1) is 0 Å². The summed E-state index contributed by atoms with van der Waals surface area (Å²) in [4.78, 5) is 11.4. The predicted molar refractivity (Wildman–Crippen MR) is 59.6 cm³/mol. The lowest BCUT2D eigenvalue weighted by Crippen LogP contribution is -2.30. The van der Waals surface area contributed by atoms with E-state index in [1.54, 1.807) is 0 Å². The van der Waals surface area contributed by atoms with E-state index in [1.165, 1.54) is 0 Å². The number of rotatable bonds is 9. The van der Waals surface area contributed by atoms with Gasteiger partial charge in [0, 0.05) is 19.1 Å². The Labute approximate surface area is 92.0 Å². The van der Waals surface area contributed by atoms with Gasteiger partial charge in [-0.3, -0.25) is 4.79 Å². The second-order valence-corrected chi connectivity index (χ2v) is 3.67. The van der Waals surface area contributed by atoms with Crippen molar-refractivity contribution in [3.63, 3.8) is 0 Å². The standard InChI is InChI=1S/C11H23NO3/c1-3-5-10(2)11(14)12-6-4-8-15-9-7-13/h10,13H,3-9H2,1-2H3,(H,12,14). The summed E-state index contributed by atoms with van der Waals surface area (Å²) in [7, 11) is 0. The van der Waals surface area contributed by atoms with Crippen molar-refractivity contribution in [3.05, 3.63) is 0 Å². The van der Waals surface area contributed by atoms with E-state index in [4.69, 9.17) is 9.84 Å². The van der Waals surface area contributed by atoms with Crippen molar-refractivity contribution in [2.45, 2.75) is 33.1 Å². The fraction of sp³-hybridized carbons (Fsp3) is 0.909. The summed E-state index contributed by atoms with van der Waals surface area (Å²) < 4.78 is 5.07. The molecule has 1 atom stereocenters. The van der Waals surface area contributed by atoms with Gasteiger partial charge in [0.15, 0.2) is 0 Å². The van der Waals surface area contributed by atoms with Gasteiger partial charge < -0.3 is 15.2 Å². The Hall–Kier alpha value is -0.610. The lowest BCUT2D eigenvalue weighted by atomic mass is 10.1. The van der Waals surface area contributed by atoms with E-state index in [1.807, 2.05) is 6.92 Å². The summed E-state index contributed by atoms with van der Waals surface area (Å²) in [5, 5.41) is 11.3. The first-order valence-corrected chi connectivity index (χ1v) is 5.68. The number of aliphatic hydroxyl groups is 1. The summed E-state index contributed by atoms with van der Waals surface area (Å²) in [6.45, 7) is 5.69. The Morgan fingerprint density at radius 2 is 2.20 bits per heavy atom. The molecule has 0 aromatic carbocycles. The number of ether oxygens (including phenoxy) is 1. The highest BCUT2D eigenvalue weighted by Crippen LogP contribution is 2.04. The number of hydrogen-bond acceptors (Lipinski definition) is 3. The zero-order valence-electron chi connectivity index (χ0n) is 9.79. The second-order valence-electron chi connectivity index (χ2n) is 3.67. The highest BCUT2D eigenvalue weighted by atomic mass is 16.5. The third-order valence-electron chi connectivity index (χ3n) is 2.17. The number of aliphatic hydroxyl groups excluding tert-OH is 1. The fourth-order valence-corrected chi connectivity index (χ4v) is 1.29. The lowest BCUT2D eigenvalue weighted by molar-refractivity contribution is -0.124. The van der Waals surface area contributed by atoms with Crippen LogP contribution in [-0.2, 0) is 9.53 Å². The van der Waals surface area contributed by atoms with Gasteiger partial charge in [0.25, 0.3) is 0 Å². The Balaban J connectivity index is 3.30. The molecule has 1 unspecified atom stereocenters. The van der Waals surface area contributed by atoms with Gasteiger partial charge >= 0.3 is 0 Å². The number of amides is 1. The summed E-state index contributed by atoms with van der Waals surface area (Å²) >= 11 is 0. The summed E-state index contributed by atoms with van der Waals surface area (Å²) in [6, 6.07) is 0. The first-order valence-electron chi connectivity index (χ1n) is 5.68. The van der Waals surface area contributed by atoms with E-state index in [9.17, 15) is 4.79 Å². The molecule has 0 saturated carbocycles. The van der Waals surface area contributed by atoms with Crippen LogP contribution < -0.4 is 5.32 Å². The molecule has 1 amide bonds. The van der Waals surface area contributed by atoms with Crippen LogP contribution in [0.1, 0.15) is 33.1 Å². The molecule has 0 bridgehead atoms. The van der Waals surface area contributed by atoms with E-state index in [2.05, 4.69) is 12.2 Å². The molecule has 0 rings (SSSR count). The molecule has 4 heteroatoms. The summed E-state index contributed by atoms with van der Waals surface area (Å²) in [5.74, 6) is 0.229.